The minimum atomic E-state index is -0.0595. The lowest BCUT2D eigenvalue weighted by Gasteiger charge is -2.13. The van der Waals surface area contributed by atoms with Gasteiger partial charge in [0.25, 0.3) is 0 Å². The Labute approximate surface area is 127 Å². The molecule has 0 aliphatic carbocycles. The van der Waals surface area contributed by atoms with Gasteiger partial charge in [0.2, 0.25) is 0 Å². The van der Waals surface area contributed by atoms with Crippen LogP contribution in [0.25, 0.3) is 0 Å². The lowest BCUT2D eigenvalue weighted by atomic mass is 9.92. The fraction of sp³-hybridized carbons (Fsp3) is 0.333. The van der Waals surface area contributed by atoms with Crippen molar-refractivity contribution in [2.24, 2.45) is 0 Å². The quantitative estimate of drug-likeness (QED) is 0.913. The van der Waals surface area contributed by atoms with E-state index in [2.05, 4.69) is 4.57 Å². The molecule has 20 heavy (non-hydrogen) atoms. The van der Waals surface area contributed by atoms with E-state index in [0.29, 0.717) is 10.0 Å². The summed E-state index contributed by atoms with van der Waals surface area (Å²) in [5.74, 6) is 0.187. The molecule has 0 saturated carbocycles. The molecule has 0 radical (unpaired) electrons. The van der Waals surface area contributed by atoms with Crippen LogP contribution in [0.5, 0.6) is 0 Å². The normalized spacial score (nSPS) is 17.5. The van der Waals surface area contributed by atoms with E-state index in [1.807, 2.05) is 18.3 Å². The van der Waals surface area contributed by atoms with E-state index in [4.69, 9.17) is 23.2 Å². The molecule has 2 aromatic rings. The third-order valence-corrected chi connectivity index (χ3v) is 4.72. The summed E-state index contributed by atoms with van der Waals surface area (Å²) in [4.78, 5) is 0. The van der Waals surface area contributed by atoms with Gasteiger partial charge in [0.15, 0.2) is 0 Å². The molecular weight excluding hydrogens is 297 g/mol. The van der Waals surface area contributed by atoms with Crippen molar-refractivity contribution in [1.82, 2.24) is 4.57 Å². The maximum atomic E-state index is 9.59. The number of halogens is 2. The molecular formula is C15H15Cl2NO2. The monoisotopic (exact) mass is 311 g/mol. The highest BCUT2D eigenvalue weighted by Gasteiger charge is 2.29. The number of benzene rings is 1. The highest BCUT2D eigenvalue weighted by molar-refractivity contribution is 6.42. The summed E-state index contributed by atoms with van der Waals surface area (Å²) >= 11 is 12.1. The first kappa shape index (κ1) is 14.0. The minimum absolute atomic E-state index is 0.0516. The summed E-state index contributed by atoms with van der Waals surface area (Å²) in [5.41, 5.74) is 3.80. The molecule has 1 unspecified atom stereocenters. The smallest absolute Gasteiger partial charge is 0.0703 e. The molecule has 2 heterocycles. The Balaban J connectivity index is 2.07. The predicted molar refractivity (Wildman–Crippen MR) is 79.2 cm³/mol. The first-order valence-corrected chi connectivity index (χ1v) is 7.28. The number of fused-ring (bicyclic) bond motifs is 1. The lowest BCUT2D eigenvalue weighted by molar-refractivity contribution is 0.260. The average Bonchev–Trinajstić information content (AvgIpc) is 2.99. The summed E-state index contributed by atoms with van der Waals surface area (Å²) in [7, 11) is 0. The molecule has 0 saturated heterocycles. The number of aromatic nitrogens is 1. The molecule has 0 amide bonds. The number of hydrogen-bond acceptors (Lipinski definition) is 2. The number of aryl methyl sites for hydroxylation is 1. The fourth-order valence-corrected chi connectivity index (χ4v) is 3.35. The van der Waals surface area contributed by atoms with Crippen molar-refractivity contribution in [3.63, 3.8) is 0 Å². The molecule has 1 aliphatic rings. The highest BCUT2D eigenvalue weighted by atomic mass is 35.5. The summed E-state index contributed by atoms with van der Waals surface area (Å²) < 4.78 is 2.12. The summed E-state index contributed by atoms with van der Waals surface area (Å²) in [5, 5.41) is 20.1. The van der Waals surface area contributed by atoms with Crippen LogP contribution in [0.1, 0.15) is 34.7 Å². The van der Waals surface area contributed by atoms with E-state index in [0.717, 1.165) is 35.3 Å². The third-order valence-electron chi connectivity index (χ3n) is 3.98. The molecule has 1 aromatic heterocycles. The Morgan fingerprint density at radius 2 is 1.95 bits per heavy atom. The van der Waals surface area contributed by atoms with Crippen LogP contribution in [0.15, 0.2) is 24.4 Å². The molecule has 1 atom stereocenters. The van der Waals surface area contributed by atoms with Crippen molar-refractivity contribution >= 4 is 23.2 Å². The Morgan fingerprint density at radius 1 is 1.15 bits per heavy atom. The number of rotatable bonds is 3. The summed E-state index contributed by atoms with van der Waals surface area (Å²) in [6, 6.07) is 5.66. The minimum Gasteiger partial charge on any atom is -0.392 e. The van der Waals surface area contributed by atoms with Gasteiger partial charge in [-0.25, -0.2) is 0 Å². The second kappa shape index (κ2) is 5.41. The van der Waals surface area contributed by atoms with Gasteiger partial charge in [0.05, 0.1) is 23.3 Å². The highest BCUT2D eigenvalue weighted by Crippen LogP contribution is 2.40. The van der Waals surface area contributed by atoms with Crippen LogP contribution in [0.4, 0.5) is 0 Å². The zero-order valence-corrected chi connectivity index (χ0v) is 12.3. The number of hydrogen-bond donors (Lipinski definition) is 2. The molecule has 3 rings (SSSR count). The van der Waals surface area contributed by atoms with Crippen LogP contribution in [0.2, 0.25) is 10.0 Å². The van der Waals surface area contributed by atoms with Crippen LogP contribution in [-0.4, -0.2) is 14.8 Å². The maximum absolute atomic E-state index is 9.59. The Bertz CT molecular complexity index is 652. The maximum Gasteiger partial charge on any atom is 0.0703 e. The third kappa shape index (κ3) is 2.15. The standard InChI is InChI=1S/C15H15Cl2NO2/c16-13-2-1-9(5-14(13)17)11-3-4-18-6-10(7-19)12(8-20)15(11)18/h1-2,5-6,11,19-20H,3-4,7-8H2. The molecule has 5 heteroatoms. The van der Waals surface area contributed by atoms with Crippen LogP contribution in [0.3, 0.4) is 0 Å². The van der Waals surface area contributed by atoms with Crippen molar-refractivity contribution in [3.8, 4) is 0 Å². The summed E-state index contributed by atoms with van der Waals surface area (Å²) in [6.07, 6.45) is 2.89. The van der Waals surface area contributed by atoms with Crippen LogP contribution >= 0.6 is 23.2 Å². The largest absolute Gasteiger partial charge is 0.392 e. The average molecular weight is 312 g/mol. The molecule has 0 spiro atoms. The topological polar surface area (TPSA) is 45.4 Å². The number of nitrogens with zero attached hydrogens (tertiary/aromatic N) is 1. The molecule has 2 N–H and O–H groups in total. The zero-order chi connectivity index (χ0) is 14.3. The Kier molecular flexibility index (Phi) is 3.78. The second-order valence-corrected chi connectivity index (χ2v) is 5.86. The molecule has 106 valence electrons. The van der Waals surface area contributed by atoms with Gasteiger partial charge < -0.3 is 14.8 Å². The van der Waals surface area contributed by atoms with Crippen LogP contribution in [0, 0.1) is 0 Å². The van der Waals surface area contributed by atoms with E-state index >= 15 is 0 Å². The van der Waals surface area contributed by atoms with Gasteiger partial charge >= 0.3 is 0 Å². The van der Waals surface area contributed by atoms with Crippen LogP contribution < -0.4 is 0 Å². The Hall–Kier alpha value is -1.000. The first-order chi connectivity index (χ1) is 9.65. The van der Waals surface area contributed by atoms with E-state index in [-0.39, 0.29) is 19.1 Å². The second-order valence-electron chi connectivity index (χ2n) is 5.04. The van der Waals surface area contributed by atoms with E-state index < -0.39 is 0 Å². The van der Waals surface area contributed by atoms with Crippen molar-refractivity contribution in [1.29, 1.82) is 0 Å². The van der Waals surface area contributed by atoms with Crippen molar-refractivity contribution in [3.05, 3.63) is 56.8 Å². The zero-order valence-electron chi connectivity index (χ0n) is 10.8. The van der Waals surface area contributed by atoms with Gasteiger partial charge in [-0.05, 0) is 24.1 Å². The van der Waals surface area contributed by atoms with E-state index in [1.165, 1.54) is 0 Å². The molecule has 1 aromatic carbocycles. The van der Waals surface area contributed by atoms with Gasteiger partial charge in [-0.15, -0.1) is 0 Å². The summed E-state index contributed by atoms with van der Waals surface area (Å²) in [6.45, 7) is 0.771. The van der Waals surface area contributed by atoms with Crippen molar-refractivity contribution < 1.29 is 10.2 Å². The van der Waals surface area contributed by atoms with Gasteiger partial charge in [-0.2, -0.15) is 0 Å². The fourth-order valence-electron chi connectivity index (χ4n) is 3.05. The first-order valence-electron chi connectivity index (χ1n) is 6.53. The molecule has 3 nitrogen and oxygen atoms in total. The van der Waals surface area contributed by atoms with Crippen molar-refractivity contribution in [2.45, 2.75) is 32.1 Å². The molecule has 1 aliphatic heterocycles. The van der Waals surface area contributed by atoms with E-state index in [9.17, 15) is 10.2 Å². The van der Waals surface area contributed by atoms with Gasteiger partial charge in [-0.1, -0.05) is 29.3 Å². The van der Waals surface area contributed by atoms with Crippen LogP contribution in [-0.2, 0) is 19.8 Å². The molecule has 0 bridgehead atoms. The number of aliphatic hydroxyl groups excluding tert-OH is 2. The van der Waals surface area contributed by atoms with Crippen molar-refractivity contribution in [2.75, 3.05) is 0 Å². The lowest BCUT2D eigenvalue weighted by Crippen LogP contribution is -2.02. The van der Waals surface area contributed by atoms with Gasteiger partial charge in [0, 0.05) is 35.5 Å². The Morgan fingerprint density at radius 3 is 2.60 bits per heavy atom. The van der Waals surface area contributed by atoms with Gasteiger partial charge in [-0.3, -0.25) is 0 Å². The SMILES string of the molecule is OCc1cn2c(c1CO)C(c1ccc(Cl)c(Cl)c1)CC2. The van der Waals surface area contributed by atoms with Gasteiger partial charge in [0.1, 0.15) is 0 Å². The molecule has 0 fully saturated rings. The predicted octanol–water partition coefficient (Wildman–Crippen LogP) is 3.32. The van der Waals surface area contributed by atoms with E-state index in [1.54, 1.807) is 6.07 Å². The number of aliphatic hydroxyl groups is 2.